The van der Waals surface area contributed by atoms with E-state index in [2.05, 4.69) is 20.9 Å². The molecule has 0 N–H and O–H groups in total. The third-order valence-corrected chi connectivity index (χ3v) is 4.34. The number of nitrogens with zero attached hydrogens (tertiary/aromatic N) is 2. The third kappa shape index (κ3) is 4.67. The minimum Gasteiger partial charge on any atom is -0.444 e. The summed E-state index contributed by atoms with van der Waals surface area (Å²) in [6.45, 7) is 0.448. The maximum Gasteiger partial charge on any atom is 0.414 e. The standard InChI is InChI=1S/C20H16BrFN2O2/c21-18-12-17(6-7-19(18)22)24(13-15-8-10-23-11-9-15)20(25)26-14-16-4-2-1-3-5-16/h1-12H,13-14H2. The molecule has 6 heteroatoms. The molecule has 0 radical (unpaired) electrons. The Kier molecular flexibility index (Phi) is 5.96. The quantitative estimate of drug-likeness (QED) is 0.566. The molecule has 0 aliphatic rings. The lowest BCUT2D eigenvalue weighted by molar-refractivity contribution is 0.146. The molecule has 3 rings (SSSR count). The van der Waals surface area contributed by atoms with Crippen molar-refractivity contribution in [1.29, 1.82) is 0 Å². The van der Waals surface area contributed by atoms with Gasteiger partial charge in [0.05, 0.1) is 11.0 Å². The number of rotatable bonds is 5. The van der Waals surface area contributed by atoms with E-state index in [4.69, 9.17) is 4.74 Å². The van der Waals surface area contributed by atoms with Crippen LogP contribution in [-0.4, -0.2) is 11.1 Å². The second-order valence-corrected chi connectivity index (χ2v) is 6.43. The van der Waals surface area contributed by atoms with E-state index in [1.165, 1.54) is 11.0 Å². The van der Waals surface area contributed by atoms with E-state index in [0.717, 1.165) is 11.1 Å². The molecule has 0 aliphatic carbocycles. The Hall–Kier alpha value is -2.73. The van der Waals surface area contributed by atoms with Crippen LogP contribution in [0.25, 0.3) is 0 Å². The molecule has 1 amide bonds. The van der Waals surface area contributed by atoms with Gasteiger partial charge in [0.2, 0.25) is 0 Å². The van der Waals surface area contributed by atoms with Gasteiger partial charge < -0.3 is 4.74 Å². The molecule has 0 fully saturated rings. The van der Waals surface area contributed by atoms with Crippen LogP contribution < -0.4 is 4.90 Å². The summed E-state index contributed by atoms with van der Waals surface area (Å²) in [7, 11) is 0. The summed E-state index contributed by atoms with van der Waals surface area (Å²) in [6, 6.07) is 17.5. The molecule has 132 valence electrons. The van der Waals surface area contributed by atoms with Crippen LogP contribution in [0.5, 0.6) is 0 Å². The molecule has 0 aliphatic heterocycles. The van der Waals surface area contributed by atoms with Crippen molar-refractivity contribution >= 4 is 27.7 Å². The largest absolute Gasteiger partial charge is 0.444 e. The number of halogens is 2. The van der Waals surface area contributed by atoms with E-state index in [9.17, 15) is 9.18 Å². The van der Waals surface area contributed by atoms with Crippen LogP contribution in [0.1, 0.15) is 11.1 Å². The number of carbonyl (C=O) groups excluding carboxylic acids is 1. The predicted molar refractivity (Wildman–Crippen MR) is 101 cm³/mol. The van der Waals surface area contributed by atoms with Crippen molar-refractivity contribution < 1.29 is 13.9 Å². The molecule has 2 aromatic carbocycles. The molecule has 0 spiro atoms. The Labute approximate surface area is 159 Å². The first kappa shape index (κ1) is 18.1. The lowest BCUT2D eigenvalue weighted by Crippen LogP contribution is -2.31. The smallest absolute Gasteiger partial charge is 0.414 e. The fourth-order valence-electron chi connectivity index (χ4n) is 2.38. The van der Waals surface area contributed by atoms with Crippen LogP contribution in [-0.2, 0) is 17.9 Å². The fraction of sp³-hybridized carbons (Fsp3) is 0.100. The van der Waals surface area contributed by atoms with E-state index in [1.54, 1.807) is 24.5 Å². The Morgan fingerprint density at radius 1 is 1.04 bits per heavy atom. The first-order valence-electron chi connectivity index (χ1n) is 7.95. The van der Waals surface area contributed by atoms with Crippen molar-refractivity contribution in [1.82, 2.24) is 4.98 Å². The maximum atomic E-state index is 13.6. The molecule has 0 atom stereocenters. The summed E-state index contributed by atoms with van der Waals surface area (Å²) in [5, 5.41) is 0. The van der Waals surface area contributed by atoms with Gasteiger partial charge in [-0.1, -0.05) is 30.3 Å². The van der Waals surface area contributed by atoms with Crippen molar-refractivity contribution in [3.63, 3.8) is 0 Å². The fourth-order valence-corrected chi connectivity index (χ4v) is 2.75. The zero-order valence-electron chi connectivity index (χ0n) is 13.8. The number of benzene rings is 2. The molecule has 26 heavy (non-hydrogen) atoms. The maximum absolute atomic E-state index is 13.6. The normalized spacial score (nSPS) is 10.4. The lowest BCUT2D eigenvalue weighted by Gasteiger charge is -2.23. The minimum atomic E-state index is -0.510. The summed E-state index contributed by atoms with van der Waals surface area (Å²) in [5.41, 5.74) is 2.32. The molecule has 1 heterocycles. The molecule has 0 bridgehead atoms. The highest BCUT2D eigenvalue weighted by molar-refractivity contribution is 9.10. The Balaban J connectivity index is 1.81. The molecule has 1 aromatic heterocycles. The third-order valence-electron chi connectivity index (χ3n) is 3.73. The zero-order valence-corrected chi connectivity index (χ0v) is 15.4. The summed E-state index contributed by atoms with van der Waals surface area (Å²) in [5.74, 6) is -0.393. The highest BCUT2D eigenvalue weighted by Gasteiger charge is 2.19. The first-order chi connectivity index (χ1) is 12.6. The minimum absolute atomic E-state index is 0.162. The summed E-state index contributed by atoms with van der Waals surface area (Å²) >= 11 is 3.16. The van der Waals surface area contributed by atoms with Crippen LogP contribution in [0.2, 0.25) is 0 Å². The van der Waals surface area contributed by atoms with E-state index in [0.29, 0.717) is 5.69 Å². The zero-order chi connectivity index (χ0) is 18.4. The van der Waals surface area contributed by atoms with Gasteiger partial charge >= 0.3 is 6.09 Å². The number of pyridine rings is 1. The average molecular weight is 415 g/mol. The highest BCUT2D eigenvalue weighted by Crippen LogP contribution is 2.25. The van der Waals surface area contributed by atoms with Gasteiger partial charge in [-0.3, -0.25) is 9.88 Å². The first-order valence-corrected chi connectivity index (χ1v) is 8.75. The van der Waals surface area contributed by atoms with Gasteiger partial charge in [-0.05, 0) is 57.4 Å². The SMILES string of the molecule is O=C(OCc1ccccc1)N(Cc1ccncc1)c1ccc(F)c(Br)c1. The molecule has 3 aromatic rings. The van der Waals surface area contributed by atoms with Crippen LogP contribution in [0, 0.1) is 5.82 Å². The number of anilines is 1. The van der Waals surface area contributed by atoms with Crippen LogP contribution in [0.3, 0.4) is 0 Å². The van der Waals surface area contributed by atoms with E-state index in [1.807, 2.05) is 42.5 Å². The van der Waals surface area contributed by atoms with Crippen LogP contribution in [0.4, 0.5) is 14.9 Å². The highest BCUT2D eigenvalue weighted by atomic mass is 79.9. The van der Waals surface area contributed by atoms with E-state index in [-0.39, 0.29) is 17.6 Å². The number of amides is 1. The molecule has 4 nitrogen and oxygen atoms in total. The van der Waals surface area contributed by atoms with Gasteiger partial charge in [-0.15, -0.1) is 0 Å². The van der Waals surface area contributed by atoms with Crippen LogP contribution in [0.15, 0.2) is 77.5 Å². The monoisotopic (exact) mass is 414 g/mol. The number of aromatic nitrogens is 1. The molecule has 0 saturated carbocycles. The Morgan fingerprint density at radius 2 is 1.77 bits per heavy atom. The molecule has 0 unspecified atom stereocenters. The topological polar surface area (TPSA) is 42.4 Å². The van der Waals surface area contributed by atoms with Crippen molar-refractivity contribution in [2.75, 3.05) is 4.90 Å². The molecular weight excluding hydrogens is 399 g/mol. The van der Waals surface area contributed by atoms with Gasteiger partial charge in [0.25, 0.3) is 0 Å². The van der Waals surface area contributed by atoms with Crippen molar-refractivity contribution in [3.8, 4) is 0 Å². The van der Waals surface area contributed by atoms with Gasteiger partial charge in [0, 0.05) is 18.1 Å². The predicted octanol–water partition coefficient (Wildman–Crippen LogP) is 5.33. The Bertz CT molecular complexity index is 875. The van der Waals surface area contributed by atoms with Crippen LogP contribution >= 0.6 is 15.9 Å². The van der Waals surface area contributed by atoms with Crippen molar-refractivity contribution in [3.05, 3.63) is 94.5 Å². The van der Waals surface area contributed by atoms with E-state index >= 15 is 0 Å². The van der Waals surface area contributed by atoms with Gasteiger partial charge in [-0.2, -0.15) is 0 Å². The van der Waals surface area contributed by atoms with Gasteiger partial charge in [-0.25, -0.2) is 9.18 Å². The number of hydrogen-bond donors (Lipinski definition) is 0. The molecule has 0 saturated heterocycles. The Morgan fingerprint density at radius 3 is 2.46 bits per heavy atom. The summed E-state index contributed by atoms with van der Waals surface area (Å²) < 4.78 is 19.3. The number of hydrogen-bond acceptors (Lipinski definition) is 3. The van der Waals surface area contributed by atoms with Crippen molar-refractivity contribution in [2.24, 2.45) is 0 Å². The van der Waals surface area contributed by atoms with Gasteiger partial charge in [0.1, 0.15) is 12.4 Å². The second kappa shape index (κ2) is 8.58. The summed E-state index contributed by atoms with van der Waals surface area (Å²) in [4.78, 5) is 18.1. The average Bonchev–Trinajstić information content (AvgIpc) is 2.68. The summed E-state index contributed by atoms with van der Waals surface area (Å²) in [6.07, 6.45) is 2.80. The molecular formula is C20H16BrFN2O2. The lowest BCUT2D eigenvalue weighted by atomic mass is 10.2. The second-order valence-electron chi connectivity index (χ2n) is 5.58. The van der Waals surface area contributed by atoms with E-state index < -0.39 is 11.9 Å². The number of ether oxygens (including phenoxy) is 1. The van der Waals surface area contributed by atoms with Gasteiger partial charge in [0.15, 0.2) is 0 Å². The number of carbonyl (C=O) groups is 1. The van der Waals surface area contributed by atoms with Crippen molar-refractivity contribution in [2.45, 2.75) is 13.2 Å².